The third-order valence-corrected chi connectivity index (χ3v) is 5.54. The van der Waals surface area contributed by atoms with Crippen molar-refractivity contribution >= 4 is 39.3 Å². The Hall–Kier alpha value is -1.66. The molecule has 1 unspecified atom stereocenters. The Morgan fingerprint density at radius 1 is 1.14 bits per heavy atom. The molecule has 112 valence electrons. The van der Waals surface area contributed by atoms with Gasteiger partial charge in [-0.2, -0.15) is 0 Å². The third-order valence-electron chi connectivity index (χ3n) is 3.66. The van der Waals surface area contributed by atoms with Crippen LogP contribution in [-0.2, 0) is 4.79 Å². The first kappa shape index (κ1) is 14.0. The van der Waals surface area contributed by atoms with Gasteiger partial charge in [-0.3, -0.25) is 9.69 Å². The second kappa shape index (κ2) is 5.52. The van der Waals surface area contributed by atoms with Gasteiger partial charge in [0.15, 0.2) is 11.5 Å². The summed E-state index contributed by atoms with van der Waals surface area (Å²) in [5.74, 6) is 2.05. The van der Waals surface area contributed by atoms with E-state index < -0.39 is 0 Å². The number of anilines is 1. The quantitative estimate of drug-likeness (QED) is 0.793. The first-order valence-corrected chi connectivity index (χ1v) is 8.66. The smallest absolute Gasteiger partial charge is 0.238 e. The number of benzene rings is 2. The predicted molar refractivity (Wildman–Crippen MR) is 89.4 cm³/mol. The second-order valence-corrected chi connectivity index (χ2v) is 6.91. The lowest BCUT2D eigenvalue weighted by Crippen LogP contribution is -2.27. The molecule has 1 saturated heterocycles. The summed E-state index contributed by atoms with van der Waals surface area (Å²) in [5.41, 5.74) is 1.93. The SMILES string of the molecule is O=C1CSC(c2cc3c(cc2Br)OCO3)N1c1ccccc1. The zero-order valence-corrected chi connectivity index (χ0v) is 13.9. The van der Waals surface area contributed by atoms with Crippen LogP contribution in [-0.4, -0.2) is 18.5 Å². The zero-order valence-electron chi connectivity index (χ0n) is 11.5. The van der Waals surface area contributed by atoms with E-state index in [0.717, 1.165) is 27.2 Å². The highest BCUT2D eigenvalue weighted by atomic mass is 79.9. The minimum Gasteiger partial charge on any atom is -0.454 e. The van der Waals surface area contributed by atoms with Gasteiger partial charge in [-0.25, -0.2) is 0 Å². The number of hydrogen-bond donors (Lipinski definition) is 0. The highest BCUT2D eigenvalue weighted by Gasteiger charge is 2.36. The van der Waals surface area contributed by atoms with Gasteiger partial charge in [0.2, 0.25) is 12.7 Å². The minimum atomic E-state index is -0.0706. The van der Waals surface area contributed by atoms with Crippen molar-refractivity contribution < 1.29 is 14.3 Å². The molecule has 0 bridgehead atoms. The van der Waals surface area contributed by atoms with Crippen LogP contribution in [0.15, 0.2) is 46.9 Å². The molecule has 1 atom stereocenters. The molecule has 2 aromatic rings. The molecule has 0 radical (unpaired) electrons. The van der Waals surface area contributed by atoms with E-state index in [4.69, 9.17) is 9.47 Å². The molecule has 2 heterocycles. The van der Waals surface area contributed by atoms with E-state index >= 15 is 0 Å². The van der Waals surface area contributed by atoms with Gasteiger partial charge in [0, 0.05) is 15.7 Å². The van der Waals surface area contributed by atoms with Crippen LogP contribution in [0.1, 0.15) is 10.9 Å². The maximum Gasteiger partial charge on any atom is 0.238 e. The fourth-order valence-corrected chi connectivity index (χ4v) is 4.54. The number of fused-ring (bicyclic) bond motifs is 1. The van der Waals surface area contributed by atoms with Crippen molar-refractivity contribution in [3.63, 3.8) is 0 Å². The Morgan fingerprint density at radius 3 is 2.64 bits per heavy atom. The van der Waals surface area contributed by atoms with E-state index in [2.05, 4.69) is 15.9 Å². The average molecular weight is 378 g/mol. The summed E-state index contributed by atoms with van der Waals surface area (Å²) >= 11 is 5.21. The number of ether oxygens (including phenoxy) is 2. The van der Waals surface area contributed by atoms with E-state index in [0.29, 0.717) is 5.75 Å². The number of carbonyl (C=O) groups is 1. The Labute approximate surface area is 140 Å². The highest BCUT2D eigenvalue weighted by Crippen LogP contribution is 2.47. The summed E-state index contributed by atoms with van der Waals surface area (Å²) < 4.78 is 11.8. The molecule has 2 aliphatic heterocycles. The molecule has 0 aromatic heterocycles. The summed E-state index contributed by atoms with van der Waals surface area (Å²) in [6, 6.07) is 13.6. The van der Waals surface area contributed by atoms with E-state index in [-0.39, 0.29) is 18.1 Å². The second-order valence-electron chi connectivity index (χ2n) is 4.99. The summed E-state index contributed by atoms with van der Waals surface area (Å²) in [4.78, 5) is 14.2. The molecule has 22 heavy (non-hydrogen) atoms. The minimum absolute atomic E-state index is 0.0706. The van der Waals surface area contributed by atoms with Crippen LogP contribution in [0.2, 0.25) is 0 Å². The lowest BCUT2D eigenvalue weighted by Gasteiger charge is -2.25. The highest BCUT2D eigenvalue weighted by molar-refractivity contribution is 9.10. The number of carbonyl (C=O) groups excluding carboxylic acids is 1. The number of halogens is 1. The van der Waals surface area contributed by atoms with Crippen molar-refractivity contribution in [1.82, 2.24) is 0 Å². The molecule has 0 N–H and O–H groups in total. The molecular formula is C16H12BrNO3S. The number of amides is 1. The van der Waals surface area contributed by atoms with Crippen LogP contribution < -0.4 is 14.4 Å². The third kappa shape index (κ3) is 2.27. The number of hydrogen-bond acceptors (Lipinski definition) is 4. The molecule has 4 rings (SSSR count). The molecule has 2 aromatic carbocycles. The van der Waals surface area contributed by atoms with Gasteiger partial charge in [-0.1, -0.05) is 34.1 Å². The molecule has 1 amide bonds. The summed E-state index contributed by atoms with van der Waals surface area (Å²) in [7, 11) is 0. The predicted octanol–water partition coefficient (Wildman–Crippen LogP) is 3.96. The normalized spacial score (nSPS) is 19.8. The number of nitrogens with zero attached hydrogens (tertiary/aromatic N) is 1. The van der Waals surface area contributed by atoms with Gasteiger partial charge < -0.3 is 9.47 Å². The Morgan fingerprint density at radius 2 is 1.86 bits per heavy atom. The van der Waals surface area contributed by atoms with Crippen molar-refractivity contribution in [2.75, 3.05) is 17.4 Å². The maximum absolute atomic E-state index is 12.3. The number of rotatable bonds is 2. The van der Waals surface area contributed by atoms with Gasteiger partial charge in [-0.05, 0) is 24.3 Å². The van der Waals surface area contributed by atoms with Gasteiger partial charge in [0.05, 0.1) is 5.75 Å². The van der Waals surface area contributed by atoms with Gasteiger partial charge in [-0.15, -0.1) is 11.8 Å². The van der Waals surface area contributed by atoms with Crippen LogP contribution in [0.4, 0.5) is 5.69 Å². The lowest BCUT2D eigenvalue weighted by atomic mass is 10.1. The molecule has 1 fully saturated rings. The van der Waals surface area contributed by atoms with Crippen LogP contribution >= 0.6 is 27.7 Å². The maximum atomic E-state index is 12.3. The van der Waals surface area contributed by atoms with Crippen LogP contribution in [0.5, 0.6) is 11.5 Å². The fraction of sp³-hybridized carbons (Fsp3) is 0.188. The standard InChI is InChI=1S/C16H12BrNO3S/c17-12-7-14-13(20-9-21-14)6-11(12)16-18(15(19)8-22-16)10-4-2-1-3-5-10/h1-7,16H,8-9H2. The molecule has 0 saturated carbocycles. The van der Waals surface area contributed by atoms with Crippen molar-refractivity contribution in [2.45, 2.75) is 5.37 Å². The summed E-state index contributed by atoms with van der Waals surface area (Å²) in [6.07, 6.45) is 0. The van der Waals surface area contributed by atoms with Crippen LogP contribution in [0, 0.1) is 0 Å². The molecule has 2 aliphatic rings. The first-order chi connectivity index (χ1) is 10.7. The van der Waals surface area contributed by atoms with Crippen LogP contribution in [0.25, 0.3) is 0 Å². The molecule has 0 spiro atoms. The molecular weight excluding hydrogens is 366 g/mol. The number of para-hydroxylation sites is 1. The molecule has 0 aliphatic carbocycles. The van der Waals surface area contributed by atoms with Gasteiger partial charge in [0.1, 0.15) is 5.37 Å². The van der Waals surface area contributed by atoms with Crippen molar-refractivity contribution in [1.29, 1.82) is 0 Å². The summed E-state index contributed by atoms with van der Waals surface area (Å²) in [5, 5.41) is -0.0706. The Bertz CT molecular complexity index is 738. The van der Waals surface area contributed by atoms with E-state index in [1.54, 1.807) is 11.8 Å². The summed E-state index contributed by atoms with van der Waals surface area (Å²) in [6.45, 7) is 0.240. The lowest BCUT2D eigenvalue weighted by molar-refractivity contribution is -0.115. The van der Waals surface area contributed by atoms with Gasteiger partial charge in [0.25, 0.3) is 0 Å². The first-order valence-electron chi connectivity index (χ1n) is 6.82. The Balaban J connectivity index is 1.77. The number of thioether (sulfide) groups is 1. The van der Waals surface area contributed by atoms with E-state index in [1.807, 2.05) is 47.4 Å². The average Bonchev–Trinajstić information content (AvgIpc) is 3.13. The topological polar surface area (TPSA) is 38.8 Å². The van der Waals surface area contributed by atoms with E-state index in [1.165, 1.54) is 0 Å². The van der Waals surface area contributed by atoms with Crippen LogP contribution in [0.3, 0.4) is 0 Å². The van der Waals surface area contributed by atoms with E-state index in [9.17, 15) is 4.79 Å². The molecule has 4 nitrogen and oxygen atoms in total. The van der Waals surface area contributed by atoms with Crippen molar-refractivity contribution in [3.8, 4) is 11.5 Å². The molecule has 6 heteroatoms. The Kier molecular flexibility index (Phi) is 3.50. The fourth-order valence-electron chi connectivity index (χ4n) is 2.64. The zero-order chi connectivity index (χ0) is 15.1. The monoisotopic (exact) mass is 377 g/mol. The largest absolute Gasteiger partial charge is 0.454 e. The van der Waals surface area contributed by atoms with Crippen molar-refractivity contribution in [2.24, 2.45) is 0 Å². The van der Waals surface area contributed by atoms with Crippen molar-refractivity contribution in [3.05, 3.63) is 52.5 Å². The van der Waals surface area contributed by atoms with Gasteiger partial charge >= 0.3 is 0 Å².